The second kappa shape index (κ2) is 5.36. The topological polar surface area (TPSA) is 55.0 Å². The molecule has 7 heteroatoms. The van der Waals surface area contributed by atoms with Crippen LogP contribution in [0, 0.1) is 0 Å². The number of esters is 1. The predicted molar refractivity (Wildman–Crippen MR) is 64.1 cm³/mol. The molecule has 0 fully saturated rings. The summed E-state index contributed by atoms with van der Waals surface area (Å²) in [5.74, 6) is 0.232. The number of aromatic amines is 1. The van der Waals surface area contributed by atoms with E-state index in [1.165, 1.54) is 25.3 Å². The van der Waals surface area contributed by atoms with Crippen molar-refractivity contribution in [3.63, 3.8) is 0 Å². The third kappa shape index (κ3) is 3.59. The second-order valence-corrected chi connectivity index (χ2v) is 4.16. The van der Waals surface area contributed by atoms with E-state index in [4.69, 9.17) is 4.74 Å². The van der Waals surface area contributed by atoms with Gasteiger partial charge in [-0.1, -0.05) is 12.1 Å². The zero-order valence-corrected chi connectivity index (χ0v) is 10.5. The molecule has 1 heterocycles. The van der Waals surface area contributed by atoms with Gasteiger partial charge in [-0.15, -0.1) is 0 Å². The number of aromatic nitrogens is 2. The monoisotopic (exact) mass is 284 g/mol. The van der Waals surface area contributed by atoms with Crippen LogP contribution in [0.1, 0.15) is 23.9 Å². The van der Waals surface area contributed by atoms with Crippen LogP contribution >= 0.6 is 0 Å². The summed E-state index contributed by atoms with van der Waals surface area (Å²) in [7, 11) is 0. The fourth-order valence-electron chi connectivity index (χ4n) is 1.64. The van der Waals surface area contributed by atoms with E-state index < -0.39 is 17.7 Å². The van der Waals surface area contributed by atoms with Crippen molar-refractivity contribution in [2.24, 2.45) is 0 Å². The van der Waals surface area contributed by atoms with Crippen LogP contribution < -0.4 is 4.74 Å². The van der Waals surface area contributed by atoms with Gasteiger partial charge in [0.15, 0.2) is 0 Å². The first-order chi connectivity index (χ1) is 9.34. The van der Waals surface area contributed by atoms with Crippen LogP contribution in [0.15, 0.2) is 30.5 Å². The van der Waals surface area contributed by atoms with Crippen LogP contribution in [0.25, 0.3) is 0 Å². The molecule has 0 saturated heterocycles. The maximum Gasteiger partial charge on any atom is 0.416 e. The number of rotatable bonds is 3. The molecule has 0 atom stereocenters. The lowest BCUT2D eigenvalue weighted by Crippen LogP contribution is -2.04. The smallest absolute Gasteiger partial charge is 0.408 e. The summed E-state index contributed by atoms with van der Waals surface area (Å²) in [5.41, 5.74) is -0.0250. The van der Waals surface area contributed by atoms with Gasteiger partial charge in [-0.2, -0.15) is 13.2 Å². The molecule has 2 rings (SSSR count). The normalized spacial score (nSPS) is 11.4. The fourth-order valence-corrected chi connectivity index (χ4v) is 1.64. The zero-order chi connectivity index (χ0) is 14.8. The third-order valence-corrected chi connectivity index (χ3v) is 2.51. The van der Waals surface area contributed by atoms with E-state index in [1.54, 1.807) is 0 Å². The Labute approximate surface area is 112 Å². The number of alkyl halides is 3. The molecule has 1 aromatic carbocycles. The Kier molecular flexibility index (Phi) is 3.78. The van der Waals surface area contributed by atoms with E-state index in [-0.39, 0.29) is 5.88 Å². The second-order valence-electron chi connectivity index (χ2n) is 4.16. The maximum atomic E-state index is 12.4. The molecule has 0 aliphatic carbocycles. The number of nitrogens with one attached hydrogen (secondary N) is 1. The minimum Gasteiger partial charge on any atom is -0.408 e. The number of hydrogen-bond donors (Lipinski definition) is 1. The number of imidazole rings is 1. The van der Waals surface area contributed by atoms with Crippen molar-refractivity contribution in [2.75, 3.05) is 0 Å². The minimum atomic E-state index is -4.34. The highest BCUT2D eigenvalue weighted by Gasteiger charge is 2.29. The molecule has 0 aliphatic heterocycles. The Morgan fingerprint density at radius 3 is 2.50 bits per heavy atom. The number of ether oxygens (including phenoxy) is 1. The molecule has 106 valence electrons. The highest BCUT2D eigenvalue weighted by molar-refractivity contribution is 5.68. The number of hydrogen-bond acceptors (Lipinski definition) is 3. The number of halogens is 3. The van der Waals surface area contributed by atoms with E-state index in [0.29, 0.717) is 17.8 Å². The Morgan fingerprint density at radius 2 is 1.95 bits per heavy atom. The van der Waals surface area contributed by atoms with Crippen molar-refractivity contribution in [3.05, 3.63) is 47.4 Å². The van der Waals surface area contributed by atoms with Gasteiger partial charge in [0.2, 0.25) is 5.88 Å². The van der Waals surface area contributed by atoms with Gasteiger partial charge in [0.25, 0.3) is 0 Å². The number of carbonyl (C=O) groups excluding carboxylic acids is 1. The third-order valence-electron chi connectivity index (χ3n) is 2.51. The summed E-state index contributed by atoms with van der Waals surface area (Å²) in [4.78, 5) is 17.5. The van der Waals surface area contributed by atoms with Gasteiger partial charge in [-0.3, -0.25) is 4.79 Å². The molecule has 1 aromatic heterocycles. The Bertz CT molecular complexity index is 603. The highest BCUT2D eigenvalue weighted by Crippen LogP contribution is 2.29. The molecular formula is C13H11F3N2O2. The molecule has 0 spiro atoms. The Balaban J connectivity index is 2.06. The molecule has 0 aliphatic rings. The molecule has 1 N–H and O–H groups in total. The summed E-state index contributed by atoms with van der Waals surface area (Å²) < 4.78 is 42.0. The van der Waals surface area contributed by atoms with Gasteiger partial charge < -0.3 is 9.72 Å². The van der Waals surface area contributed by atoms with Crippen LogP contribution in [0.2, 0.25) is 0 Å². The standard InChI is InChI=1S/C13H11F3N2O2/c1-8(19)20-12-7-17-11(18-12)6-9-2-4-10(5-3-9)13(14,15)16/h2-5,7H,6H2,1H3,(H,17,18). The first-order valence-corrected chi connectivity index (χ1v) is 5.73. The first kappa shape index (κ1) is 14.1. The summed E-state index contributed by atoms with van der Waals surface area (Å²) in [6.07, 6.45) is -2.67. The van der Waals surface area contributed by atoms with Crippen molar-refractivity contribution in [3.8, 4) is 5.88 Å². The number of carbonyl (C=O) groups is 1. The number of nitrogens with zero attached hydrogens (tertiary/aromatic N) is 1. The predicted octanol–water partition coefficient (Wildman–Crippen LogP) is 2.94. The molecule has 0 saturated carbocycles. The van der Waals surface area contributed by atoms with Crippen LogP contribution in [0.4, 0.5) is 13.2 Å². The summed E-state index contributed by atoms with van der Waals surface area (Å²) >= 11 is 0. The molecule has 4 nitrogen and oxygen atoms in total. The van der Waals surface area contributed by atoms with Gasteiger partial charge in [-0.25, -0.2) is 4.98 Å². The zero-order valence-electron chi connectivity index (χ0n) is 10.5. The quantitative estimate of drug-likeness (QED) is 0.882. The number of H-pyrrole nitrogens is 1. The number of benzene rings is 1. The van der Waals surface area contributed by atoms with Crippen molar-refractivity contribution in [1.29, 1.82) is 0 Å². The van der Waals surface area contributed by atoms with Gasteiger partial charge in [-0.05, 0) is 17.7 Å². The molecule has 0 radical (unpaired) electrons. The fraction of sp³-hybridized carbons (Fsp3) is 0.231. The SMILES string of the molecule is CC(=O)Oc1cnc(Cc2ccc(C(F)(F)F)cc2)[nH]1. The van der Waals surface area contributed by atoms with Gasteiger partial charge in [0.1, 0.15) is 5.82 Å². The largest absolute Gasteiger partial charge is 0.416 e. The first-order valence-electron chi connectivity index (χ1n) is 5.73. The van der Waals surface area contributed by atoms with Crippen LogP contribution in [0.5, 0.6) is 5.88 Å². The molecule has 0 amide bonds. The summed E-state index contributed by atoms with van der Waals surface area (Å²) in [6, 6.07) is 4.81. The van der Waals surface area contributed by atoms with Crippen molar-refractivity contribution in [1.82, 2.24) is 9.97 Å². The Hall–Kier alpha value is -2.31. The molecule has 2 aromatic rings. The average Bonchev–Trinajstić information content (AvgIpc) is 2.75. The van der Waals surface area contributed by atoms with Crippen LogP contribution in [0.3, 0.4) is 0 Å². The van der Waals surface area contributed by atoms with Crippen molar-refractivity contribution < 1.29 is 22.7 Å². The van der Waals surface area contributed by atoms with E-state index >= 15 is 0 Å². The molecule has 0 unspecified atom stereocenters. The lowest BCUT2D eigenvalue weighted by molar-refractivity contribution is -0.137. The van der Waals surface area contributed by atoms with Crippen LogP contribution in [-0.4, -0.2) is 15.9 Å². The highest BCUT2D eigenvalue weighted by atomic mass is 19.4. The lowest BCUT2D eigenvalue weighted by atomic mass is 10.1. The Morgan fingerprint density at radius 1 is 1.30 bits per heavy atom. The van der Waals surface area contributed by atoms with E-state index in [9.17, 15) is 18.0 Å². The van der Waals surface area contributed by atoms with Crippen LogP contribution in [-0.2, 0) is 17.4 Å². The van der Waals surface area contributed by atoms with E-state index in [1.807, 2.05) is 0 Å². The summed E-state index contributed by atoms with van der Waals surface area (Å²) in [5, 5.41) is 0. The van der Waals surface area contributed by atoms with Gasteiger partial charge in [0, 0.05) is 13.3 Å². The minimum absolute atomic E-state index is 0.208. The van der Waals surface area contributed by atoms with Crippen molar-refractivity contribution in [2.45, 2.75) is 19.5 Å². The molecular weight excluding hydrogens is 273 g/mol. The summed E-state index contributed by atoms with van der Waals surface area (Å²) in [6.45, 7) is 1.26. The molecule has 20 heavy (non-hydrogen) atoms. The van der Waals surface area contributed by atoms with E-state index in [0.717, 1.165) is 12.1 Å². The lowest BCUT2D eigenvalue weighted by Gasteiger charge is -2.06. The average molecular weight is 284 g/mol. The molecule has 0 bridgehead atoms. The van der Waals surface area contributed by atoms with Gasteiger partial charge >= 0.3 is 12.1 Å². The van der Waals surface area contributed by atoms with Crippen molar-refractivity contribution >= 4 is 5.97 Å². The maximum absolute atomic E-state index is 12.4. The van der Waals surface area contributed by atoms with E-state index in [2.05, 4.69) is 9.97 Å². The van der Waals surface area contributed by atoms with Gasteiger partial charge in [0.05, 0.1) is 11.8 Å².